The molecule has 0 aliphatic carbocycles. The highest BCUT2D eigenvalue weighted by Crippen LogP contribution is 2.23. The Balaban J connectivity index is 1.94. The molecule has 0 N–H and O–H groups in total. The van der Waals surface area contributed by atoms with Crippen LogP contribution in [0.15, 0.2) is 53.4 Å². The van der Waals surface area contributed by atoms with Crippen molar-refractivity contribution in [3.8, 4) is 0 Å². The molecule has 0 unspecified atom stereocenters. The van der Waals surface area contributed by atoms with Crippen LogP contribution in [0.4, 0.5) is 5.69 Å². The number of hydrogen-bond donors (Lipinski definition) is 0. The first-order valence-electron chi connectivity index (χ1n) is 6.72. The lowest BCUT2D eigenvalue weighted by Gasteiger charge is -2.01. The van der Waals surface area contributed by atoms with Crippen LogP contribution in [0.3, 0.4) is 0 Å². The number of nitrogens with zero attached hydrogens (tertiary/aromatic N) is 3. The molecule has 3 rings (SSSR count). The van der Waals surface area contributed by atoms with Crippen LogP contribution in [-0.4, -0.2) is 21.8 Å². The number of carbonyl (C=O) groups excluding carboxylic acids is 1. The van der Waals surface area contributed by atoms with E-state index in [1.807, 2.05) is 0 Å². The highest BCUT2D eigenvalue weighted by molar-refractivity contribution is 6.13. The molecule has 0 radical (unpaired) electrons. The van der Waals surface area contributed by atoms with Crippen molar-refractivity contribution in [3.05, 3.63) is 75.2 Å². The molecule has 0 bridgehead atoms. The van der Waals surface area contributed by atoms with Crippen molar-refractivity contribution in [2.75, 3.05) is 0 Å². The second-order valence-corrected chi connectivity index (χ2v) is 4.87. The van der Waals surface area contributed by atoms with Gasteiger partial charge in [0, 0.05) is 29.6 Å². The number of hydrogen-bond acceptors (Lipinski definition) is 6. The van der Waals surface area contributed by atoms with Crippen LogP contribution < -0.4 is 0 Å². The van der Waals surface area contributed by atoms with Gasteiger partial charge < -0.3 is 4.74 Å². The number of rotatable bonds is 3. The van der Waals surface area contributed by atoms with Gasteiger partial charge in [-0.1, -0.05) is 0 Å². The summed E-state index contributed by atoms with van der Waals surface area (Å²) in [6.07, 6.45) is 4.81. The Morgan fingerprint density at radius 2 is 1.96 bits per heavy atom. The second kappa shape index (κ2) is 5.80. The SMILES string of the molecule is Cc1cc(C2=N/C(=C\c3ccncc3)C(=O)O2)ccc1[N+](=O)[O-]. The summed E-state index contributed by atoms with van der Waals surface area (Å²) >= 11 is 0. The minimum Gasteiger partial charge on any atom is -0.402 e. The zero-order valence-electron chi connectivity index (χ0n) is 12.1. The maximum absolute atomic E-state index is 11.9. The summed E-state index contributed by atoms with van der Waals surface area (Å²) in [5.41, 5.74) is 1.93. The van der Waals surface area contributed by atoms with Crippen LogP contribution in [0.2, 0.25) is 0 Å². The van der Waals surface area contributed by atoms with Gasteiger partial charge in [-0.15, -0.1) is 0 Å². The first-order valence-corrected chi connectivity index (χ1v) is 6.72. The van der Waals surface area contributed by atoms with Crippen molar-refractivity contribution in [1.82, 2.24) is 4.98 Å². The second-order valence-electron chi connectivity index (χ2n) is 4.87. The molecule has 0 amide bonds. The summed E-state index contributed by atoms with van der Waals surface area (Å²) in [7, 11) is 0. The first kappa shape index (κ1) is 14.6. The van der Waals surface area contributed by atoms with E-state index in [-0.39, 0.29) is 17.3 Å². The molecule has 0 saturated heterocycles. The van der Waals surface area contributed by atoms with Crippen molar-refractivity contribution in [1.29, 1.82) is 0 Å². The number of esters is 1. The van der Waals surface area contributed by atoms with Gasteiger partial charge in [0.15, 0.2) is 5.70 Å². The molecule has 2 heterocycles. The van der Waals surface area contributed by atoms with Crippen molar-refractivity contribution >= 4 is 23.6 Å². The van der Waals surface area contributed by atoms with Crippen LogP contribution in [0.5, 0.6) is 0 Å². The molecule has 1 aromatic heterocycles. The number of aliphatic imine (C=N–C) groups is 1. The quantitative estimate of drug-likeness (QED) is 0.376. The van der Waals surface area contributed by atoms with Crippen LogP contribution in [0.25, 0.3) is 6.08 Å². The minimum absolute atomic E-state index is 0.00576. The third-order valence-electron chi connectivity index (χ3n) is 3.27. The molecule has 0 saturated carbocycles. The topological polar surface area (TPSA) is 94.7 Å². The van der Waals surface area contributed by atoms with E-state index in [0.29, 0.717) is 11.1 Å². The van der Waals surface area contributed by atoms with Crippen molar-refractivity contribution in [3.63, 3.8) is 0 Å². The van der Waals surface area contributed by atoms with E-state index in [2.05, 4.69) is 9.98 Å². The Bertz CT molecular complexity index is 857. The van der Waals surface area contributed by atoms with Crippen LogP contribution in [0, 0.1) is 17.0 Å². The molecule has 114 valence electrons. The van der Waals surface area contributed by atoms with E-state index in [1.165, 1.54) is 12.1 Å². The van der Waals surface area contributed by atoms with Gasteiger partial charge in [-0.3, -0.25) is 15.1 Å². The van der Waals surface area contributed by atoms with E-state index in [4.69, 9.17) is 4.74 Å². The van der Waals surface area contributed by atoms with Gasteiger partial charge in [-0.05, 0) is 42.8 Å². The summed E-state index contributed by atoms with van der Waals surface area (Å²) in [4.78, 5) is 30.3. The molecular weight excluding hydrogens is 298 g/mol. The predicted octanol–water partition coefficient (Wildman–Crippen LogP) is 2.64. The Morgan fingerprint density at radius 3 is 2.61 bits per heavy atom. The van der Waals surface area contributed by atoms with Gasteiger partial charge >= 0.3 is 5.97 Å². The summed E-state index contributed by atoms with van der Waals surface area (Å²) < 4.78 is 5.14. The Labute approximate surface area is 131 Å². The van der Waals surface area contributed by atoms with Crippen molar-refractivity contribution in [2.45, 2.75) is 6.92 Å². The molecule has 1 aliphatic rings. The van der Waals surface area contributed by atoms with Crippen molar-refractivity contribution in [2.24, 2.45) is 4.99 Å². The highest BCUT2D eigenvalue weighted by atomic mass is 16.6. The molecule has 7 nitrogen and oxygen atoms in total. The summed E-state index contributed by atoms with van der Waals surface area (Å²) in [5, 5.41) is 10.8. The largest absolute Gasteiger partial charge is 0.402 e. The molecule has 1 aliphatic heterocycles. The van der Waals surface area contributed by atoms with Gasteiger partial charge in [0.1, 0.15) is 0 Å². The predicted molar refractivity (Wildman–Crippen MR) is 82.7 cm³/mol. The van der Waals surface area contributed by atoms with E-state index in [0.717, 1.165) is 5.56 Å². The number of cyclic esters (lactones) is 1. The van der Waals surface area contributed by atoms with Gasteiger partial charge in [0.25, 0.3) is 5.69 Å². The van der Waals surface area contributed by atoms with Gasteiger partial charge in [0.2, 0.25) is 5.90 Å². The number of pyridine rings is 1. The number of ether oxygens (including phenoxy) is 1. The third kappa shape index (κ3) is 2.98. The molecule has 7 heteroatoms. The maximum atomic E-state index is 11.9. The lowest BCUT2D eigenvalue weighted by molar-refractivity contribution is -0.385. The number of benzene rings is 1. The molecule has 0 fully saturated rings. The fourth-order valence-corrected chi connectivity index (χ4v) is 2.14. The Morgan fingerprint density at radius 1 is 1.22 bits per heavy atom. The van der Waals surface area contributed by atoms with Crippen LogP contribution >= 0.6 is 0 Å². The van der Waals surface area contributed by atoms with E-state index in [1.54, 1.807) is 43.6 Å². The lowest BCUT2D eigenvalue weighted by atomic mass is 10.1. The monoisotopic (exact) mass is 309 g/mol. The Hall–Kier alpha value is -3.35. The van der Waals surface area contributed by atoms with E-state index < -0.39 is 10.9 Å². The average Bonchev–Trinajstić information content (AvgIpc) is 2.89. The number of aromatic nitrogens is 1. The molecule has 2 aromatic rings. The van der Waals surface area contributed by atoms with Gasteiger partial charge in [0.05, 0.1) is 4.92 Å². The molecule has 1 aromatic carbocycles. The number of aryl methyl sites for hydroxylation is 1. The zero-order valence-corrected chi connectivity index (χ0v) is 12.1. The average molecular weight is 309 g/mol. The first-order chi connectivity index (χ1) is 11.0. The lowest BCUT2D eigenvalue weighted by Crippen LogP contribution is -2.06. The third-order valence-corrected chi connectivity index (χ3v) is 3.27. The summed E-state index contributed by atoms with van der Waals surface area (Å²) in [6.45, 7) is 1.62. The summed E-state index contributed by atoms with van der Waals surface area (Å²) in [5.74, 6) is -0.430. The molecular formula is C16H11N3O4. The van der Waals surface area contributed by atoms with Gasteiger partial charge in [-0.2, -0.15) is 0 Å². The fraction of sp³-hybridized carbons (Fsp3) is 0.0625. The molecule has 23 heavy (non-hydrogen) atoms. The molecule has 0 spiro atoms. The summed E-state index contributed by atoms with van der Waals surface area (Å²) in [6, 6.07) is 7.92. The van der Waals surface area contributed by atoms with E-state index >= 15 is 0 Å². The molecule has 0 atom stereocenters. The van der Waals surface area contributed by atoms with Crippen LogP contribution in [-0.2, 0) is 9.53 Å². The normalized spacial score (nSPS) is 15.4. The highest BCUT2D eigenvalue weighted by Gasteiger charge is 2.25. The number of carbonyl (C=O) groups is 1. The Kier molecular flexibility index (Phi) is 3.68. The maximum Gasteiger partial charge on any atom is 0.363 e. The fourth-order valence-electron chi connectivity index (χ4n) is 2.14. The standard InChI is InChI=1S/C16H11N3O4/c1-10-8-12(2-3-14(10)19(21)22)15-18-13(16(20)23-15)9-11-4-6-17-7-5-11/h2-9H,1H3/b13-9-. The van der Waals surface area contributed by atoms with Crippen molar-refractivity contribution < 1.29 is 14.5 Å². The van der Waals surface area contributed by atoms with E-state index in [9.17, 15) is 14.9 Å². The minimum atomic E-state index is -0.562. The van der Waals surface area contributed by atoms with Crippen LogP contribution in [0.1, 0.15) is 16.7 Å². The number of nitro groups is 1. The zero-order chi connectivity index (χ0) is 16.4. The number of nitro benzene ring substituents is 1. The van der Waals surface area contributed by atoms with Gasteiger partial charge in [-0.25, -0.2) is 9.79 Å². The smallest absolute Gasteiger partial charge is 0.363 e.